The molecule has 1 N–H and O–H groups in total. The molecule has 1 aliphatic heterocycles. The minimum Gasteiger partial charge on any atom is -0.355 e. The average molecular weight is 268 g/mol. The van der Waals surface area contributed by atoms with Crippen LogP contribution in [0, 0.1) is 5.92 Å². The van der Waals surface area contributed by atoms with Gasteiger partial charge in [0, 0.05) is 25.8 Å². The summed E-state index contributed by atoms with van der Waals surface area (Å²) in [4.78, 5) is 6.88. The second kappa shape index (κ2) is 6.39. The van der Waals surface area contributed by atoms with Gasteiger partial charge >= 0.3 is 0 Å². The van der Waals surface area contributed by atoms with Crippen LogP contribution in [0.15, 0.2) is 12.3 Å². The monoisotopic (exact) mass is 267 g/mol. The summed E-state index contributed by atoms with van der Waals surface area (Å²) in [5.41, 5.74) is 1.13. The quantitative estimate of drug-likeness (QED) is 0.909. The molecule has 0 saturated carbocycles. The van der Waals surface area contributed by atoms with Crippen molar-refractivity contribution in [3.05, 3.63) is 22.8 Å². The molecule has 2 heterocycles. The maximum absolute atomic E-state index is 6.36. The number of aromatic nitrogens is 1. The first kappa shape index (κ1) is 13.6. The van der Waals surface area contributed by atoms with E-state index < -0.39 is 0 Å². The number of pyridine rings is 1. The van der Waals surface area contributed by atoms with Gasteiger partial charge in [-0.05, 0) is 37.4 Å². The largest absolute Gasteiger partial charge is 0.355 e. The molecule has 0 aliphatic carbocycles. The molecule has 1 aliphatic rings. The summed E-state index contributed by atoms with van der Waals surface area (Å²) < 4.78 is 0. The van der Waals surface area contributed by atoms with Crippen molar-refractivity contribution < 1.29 is 0 Å². The summed E-state index contributed by atoms with van der Waals surface area (Å²) in [5, 5.41) is 3.89. The highest BCUT2D eigenvalue weighted by Gasteiger charge is 2.21. The molecule has 3 nitrogen and oxygen atoms in total. The fourth-order valence-corrected chi connectivity index (χ4v) is 2.90. The maximum Gasteiger partial charge on any atom is 0.147 e. The van der Waals surface area contributed by atoms with Gasteiger partial charge in [-0.2, -0.15) is 0 Å². The molecule has 1 unspecified atom stereocenters. The number of nitrogens with one attached hydrogen (secondary N) is 1. The zero-order valence-electron chi connectivity index (χ0n) is 11.2. The smallest absolute Gasteiger partial charge is 0.147 e. The Morgan fingerprint density at radius 3 is 3.06 bits per heavy atom. The first-order chi connectivity index (χ1) is 8.74. The number of nitrogens with zero attached hydrogens (tertiary/aromatic N) is 2. The highest BCUT2D eigenvalue weighted by atomic mass is 35.5. The summed E-state index contributed by atoms with van der Waals surface area (Å²) in [6.07, 6.45) is 5.75. The summed E-state index contributed by atoms with van der Waals surface area (Å²) in [5.74, 6) is 1.74. The van der Waals surface area contributed by atoms with Crippen LogP contribution in [0.5, 0.6) is 0 Å². The predicted octanol–water partition coefficient (Wildman–Crippen LogP) is 3.08. The number of hydrogen-bond acceptors (Lipinski definition) is 3. The van der Waals surface area contributed by atoms with Crippen LogP contribution in [0.2, 0.25) is 5.02 Å². The van der Waals surface area contributed by atoms with E-state index >= 15 is 0 Å². The molecule has 1 atom stereocenters. The van der Waals surface area contributed by atoms with Gasteiger partial charge in [0.05, 0.1) is 5.02 Å². The minimum atomic E-state index is 0.777. The molecule has 2 rings (SSSR count). The second-order valence-corrected chi connectivity index (χ2v) is 5.45. The molecule has 18 heavy (non-hydrogen) atoms. The van der Waals surface area contributed by atoms with Crippen LogP contribution in [0.4, 0.5) is 5.82 Å². The lowest BCUT2D eigenvalue weighted by atomic mass is 9.96. The molecule has 1 aromatic rings. The molecule has 1 saturated heterocycles. The van der Waals surface area contributed by atoms with Gasteiger partial charge in [0.15, 0.2) is 0 Å². The summed E-state index contributed by atoms with van der Waals surface area (Å²) in [7, 11) is 1.93. The molecule has 1 fully saturated rings. The first-order valence-corrected chi connectivity index (χ1v) is 7.16. The van der Waals surface area contributed by atoms with Crippen molar-refractivity contribution in [3.8, 4) is 0 Å². The molecular formula is C14H22ClN3. The van der Waals surface area contributed by atoms with Crippen LogP contribution in [0.1, 0.15) is 31.7 Å². The highest BCUT2D eigenvalue weighted by Crippen LogP contribution is 2.29. The van der Waals surface area contributed by atoms with Gasteiger partial charge < -0.3 is 10.2 Å². The van der Waals surface area contributed by atoms with E-state index in [0.29, 0.717) is 0 Å². The lowest BCUT2D eigenvalue weighted by Gasteiger charge is -2.33. The van der Waals surface area contributed by atoms with Crippen LogP contribution >= 0.6 is 11.6 Å². The van der Waals surface area contributed by atoms with E-state index in [1.54, 1.807) is 0 Å². The van der Waals surface area contributed by atoms with Crippen molar-refractivity contribution in [2.75, 3.05) is 25.0 Å². The summed E-state index contributed by atoms with van der Waals surface area (Å²) in [6.45, 7) is 5.24. The fraction of sp³-hybridized carbons (Fsp3) is 0.643. The molecule has 4 heteroatoms. The van der Waals surface area contributed by atoms with Crippen molar-refractivity contribution in [3.63, 3.8) is 0 Å². The van der Waals surface area contributed by atoms with Crippen molar-refractivity contribution in [1.29, 1.82) is 0 Å². The Morgan fingerprint density at radius 1 is 1.56 bits per heavy atom. The Bertz CT molecular complexity index is 395. The Kier molecular flexibility index (Phi) is 4.84. The van der Waals surface area contributed by atoms with E-state index in [1.807, 2.05) is 19.3 Å². The van der Waals surface area contributed by atoms with Crippen LogP contribution < -0.4 is 10.2 Å². The third-order valence-corrected chi connectivity index (χ3v) is 3.93. The Hall–Kier alpha value is -0.800. The number of anilines is 1. The van der Waals surface area contributed by atoms with Gasteiger partial charge in [-0.1, -0.05) is 24.9 Å². The Labute approximate surface area is 115 Å². The molecular weight excluding hydrogens is 246 g/mol. The molecule has 0 radical (unpaired) electrons. The average Bonchev–Trinajstić information content (AvgIpc) is 2.39. The lowest BCUT2D eigenvalue weighted by Crippen LogP contribution is -2.35. The zero-order chi connectivity index (χ0) is 13.0. The number of piperidine rings is 1. The molecule has 0 bridgehead atoms. The Balaban J connectivity index is 2.12. The van der Waals surface area contributed by atoms with Crippen molar-refractivity contribution in [2.45, 2.75) is 32.7 Å². The standard InChI is InChI=1S/C14H22ClN3/c1-3-11-5-4-6-18(10-11)14-13(15)7-12(8-16-2)9-17-14/h7,9,11,16H,3-6,8,10H2,1-2H3. The highest BCUT2D eigenvalue weighted by molar-refractivity contribution is 6.33. The van der Waals surface area contributed by atoms with Gasteiger partial charge in [-0.15, -0.1) is 0 Å². The minimum absolute atomic E-state index is 0.777. The van der Waals surface area contributed by atoms with Gasteiger partial charge in [-0.25, -0.2) is 4.98 Å². The van der Waals surface area contributed by atoms with E-state index in [2.05, 4.69) is 22.1 Å². The first-order valence-electron chi connectivity index (χ1n) is 6.78. The molecule has 0 amide bonds. The zero-order valence-corrected chi connectivity index (χ0v) is 12.0. The van der Waals surface area contributed by atoms with E-state index in [1.165, 1.54) is 19.3 Å². The van der Waals surface area contributed by atoms with E-state index in [4.69, 9.17) is 11.6 Å². The van der Waals surface area contributed by atoms with Crippen molar-refractivity contribution in [2.24, 2.45) is 5.92 Å². The second-order valence-electron chi connectivity index (χ2n) is 5.04. The van der Waals surface area contributed by atoms with E-state index in [-0.39, 0.29) is 0 Å². The Morgan fingerprint density at radius 2 is 2.39 bits per heavy atom. The van der Waals surface area contributed by atoms with Crippen molar-refractivity contribution in [1.82, 2.24) is 10.3 Å². The van der Waals surface area contributed by atoms with E-state index in [0.717, 1.165) is 42.0 Å². The SMILES string of the molecule is CCC1CCCN(c2ncc(CNC)cc2Cl)C1. The van der Waals surface area contributed by atoms with Crippen LogP contribution in [0.3, 0.4) is 0 Å². The van der Waals surface area contributed by atoms with Gasteiger partial charge in [-0.3, -0.25) is 0 Å². The summed E-state index contributed by atoms with van der Waals surface area (Å²) in [6, 6.07) is 2.02. The van der Waals surface area contributed by atoms with Gasteiger partial charge in [0.2, 0.25) is 0 Å². The van der Waals surface area contributed by atoms with Crippen LogP contribution in [0.25, 0.3) is 0 Å². The topological polar surface area (TPSA) is 28.2 Å². The fourth-order valence-electron chi connectivity index (χ4n) is 2.59. The van der Waals surface area contributed by atoms with Crippen LogP contribution in [-0.4, -0.2) is 25.1 Å². The lowest BCUT2D eigenvalue weighted by molar-refractivity contribution is 0.403. The molecule has 0 spiro atoms. The normalized spacial score (nSPS) is 20.2. The molecule has 1 aromatic heterocycles. The third kappa shape index (κ3) is 3.15. The summed E-state index contributed by atoms with van der Waals surface area (Å²) >= 11 is 6.36. The van der Waals surface area contributed by atoms with Gasteiger partial charge in [0.1, 0.15) is 5.82 Å². The number of hydrogen-bond donors (Lipinski definition) is 1. The molecule has 100 valence electrons. The third-order valence-electron chi connectivity index (χ3n) is 3.66. The molecule has 0 aromatic carbocycles. The van der Waals surface area contributed by atoms with Crippen LogP contribution in [-0.2, 0) is 6.54 Å². The van der Waals surface area contributed by atoms with Gasteiger partial charge in [0.25, 0.3) is 0 Å². The number of rotatable bonds is 4. The number of halogens is 1. The van der Waals surface area contributed by atoms with E-state index in [9.17, 15) is 0 Å². The predicted molar refractivity (Wildman–Crippen MR) is 77.2 cm³/mol. The maximum atomic E-state index is 6.36. The van der Waals surface area contributed by atoms with Crippen molar-refractivity contribution >= 4 is 17.4 Å².